The summed E-state index contributed by atoms with van der Waals surface area (Å²) in [7, 11) is 0. The minimum Gasteiger partial charge on any atom is -0.395 e. The zero-order valence-electron chi connectivity index (χ0n) is 21.2. The molecule has 3 aliphatic rings. The number of β-amino-alcohol motifs (C(OH)–C–C–N with tert-alkyl or cyclic N) is 1. The van der Waals surface area contributed by atoms with Crippen molar-refractivity contribution < 1.29 is 5.11 Å². The Bertz CT molecular complexity index is 1300. The topological polar surface area (TPSA) is 70.3 Å². The second kappa shape index (κ2) is 10.5. The van der Waals surface area contributed by atoms with Crippen molar-refractivity contribution in [1.29, 1.82) is 0 Å². The number of rotatable bonds is 8. The number of aliphatic hydroxyl groups excluding tert-OH is 1. The van der Waals surface area contributed by atoms with Gasteiger partial charge in [-0.05, 0) is 80.7 Å². The first-order chi connectivity index (χ1) is 18.0. The second-order valence-corrected chi connectivity index (χ2v) is 11.7. The maximum Gasteiger partial charge on any atom is 0.180 e. The van der Waals surface area contributed by atoms with Gasteiger partial charge < -0.3 is 14.9 Å². The molecule has 9 heteroatoms. The average Bonchev–Trinajstić information content (AvgIpc) is 3.62. The highest BCUT2D eigenvalue weighted by atomic mass is 35.5. The van der Waals surface area contributed by atoms with Crippen molar-refractivity contribution in [3.63, 3.8) is 0 Å². The Kier molecular flexibility index (Phi) is 7.14. The molecular formula is C28H34Cl2N6O. The summed E-state index contributed by atoms with van der Waals surface area (Å²) in [4.78, 5) is 14.7. The number of fused-ring (bicyclic) bond motifs is 1. The van der Waals surface area contributed by atoms with E-state index in [9.17, 15) is 5.11 Å². The minimum absolute atomic E-state index is 0.122. The molecule has 3 fully saturated rings. The summed E-state index contributed by atoms with van der Waals surface area (Å²) in [6, 6.07) is 5.48. The lowest BCUT2D eigenvalue weighted by Gasteiger charge is -2.47. The molecule has 7 nitrogen and oxygen atoms in total. The lowest BCUT2D eigenvalue weighted by atomic mass is 9.80. The molecule has 0 bridgehead atoms. The van der Waals surface area contributed by atoms with E-state index >= 15 is 0 Å². The van der Waals surface area contributed by atoms with Crippen molar-refractivity contribution in [2.24, 2.45) is 17.8 Å². The number of benzene rings is 1. The highest BCUT2D eigenvalue weighted by Crippen LogP contribution is 2.36. The molecule has 2 atom stereocenters. The van der Waals surface area contributed by atoms with E-state index in [0.29, 0.717) is 27.8 Å². The van der Waals surface area contributed by atoms with Gasteiger partial charge in [0.15, 0.2) is 5.65 Å². The number of anilines is 1. The quantitative estimate of drug-likeness (QED) is 0.417. The smallest absolute Gasteiger partial charge is 0.180 e. The average molecular weight is 542 g/mol. The van der Waals surface area contributed by atoms with Gasteiger partial charge in [-0.15, -0.1) is 0 Å². The van der Waals surface area contributed by atoms with E-state index < -0.39 is 0 Å². The number of piperidine rings is 1. The van der Waals surface area contributed by atoms with Crippen LogP contribution in [0, 0.1) is 17.8 Å². The van der Waals surface area contributed by atoms with Crippen LogP contribution < -0.4 is 4.90 Å². The molecule has 2 saturated heterocycles. The van der Waals surface area contributed by atoms with Crippen LogP contribution >= 0.6 is 23.2 Å². The van der Waals surface area contributed by atoms with Crippen molar-refractivity contribution in [2.75, 3.05) is 44.2 Å². The van der Waals surface area contributed by atoms with E-state index in [0.717, 1.165) is 61.0 Å². The number of hydrogen-bond acceptors (Lipinski definition) is 6. The zero-order valence-corrected chi connectivity index (χ0v) is 22.7. The monoisotopic (exact) mass is 540 g/mol. The van der Waals surface area contributed by atoms with Crippen molar-refractivity contribution in [3.8, 4) is 0 Å². The van der Waals surface area contributed by atoms with Crippen LogP contribution in [0.3, 0.4) is 0 Å². The molecule has 2 aromatic heterocycles. The molecular weight excluding hydrogens is 507 g/mol. The third-order valence-electron chi connectivity index (χ3n) is 8.20. The highest BCUT2D eigenvalue weighted by molar-refractivity contribution is 6.35. The minimum atomic E-state index is -0.122. The number of allylic oxidation sites excluding steroid dienone is 1. The first kappa shape index (κ1) is 25.1. The van der Waals surface area contributed by atoms with E-state index in [1.807, 2.05) is 23.0 Å². The third-order valence-corrected chi connectivity index (χ3v) is 8.77. The predicted molar refractivity (Wildman–Crippen MR) is 149 cm³/mol. The third kappa shape index (κ3) is 5.24. The van der Waals surface area contributed by atoms with Gasteiger partial charge in [0.1, 0.15) is 17.0 Å². The Hall–Kier alpha value is -2.19. The molecule has 1 N–H and O–H groups in total. The van der Waals surface area contributed by atoms with Crippen LogP contribution in [0.15, 0.2) is 30.5 Å². The lowest BCUT2D eigenvalue weighted by Crippen LogP contribution is -2.54. The highest BCUT2D eigenvalue weighted by Gasteiger charge is 2.36. The Balaban J connectivity index is 1.26. The van der Waals surface area contributed by atoms with Gasteiger partial charge in [-0.1, -0.05) is 35.3 Å². The molecule has 2 aliphatic heterocycles. The molecule has 4 heterocycles. The lowest BCUT2D eigenvalue weighted by molar-refractivity contribution is 0.101. The largest absolute Gasteiger partial charge is 0.395 e. The van der Waals surface area contributed by atoms with Gasteiger partial charge in [0, 0.05) is 36.2 Å². The Morgan fingerprint density at radius 2 is 1.97 bits per heavy atom. The van der Waals surface area contributed by atoms with E-state index in [2.05, 4.69) is 28.9 Å². The van der Waals surface area contributed by atoms with Crippen LogP contribution in [0.5, 0.6) is 0 Å². The predicted octanol–water partition coefficient (Wildman–Crippen LogP) is 5.31. The summed E-state index contributed by atoms with van der Waals surface area (Å²) in [5.41, 5.74) is 3.41. The van der Waals surface area contributed by atoms with Gasteiger partial charge >= 0.3 is 0 Å². The zero-order chi connectivity index (χ0) is 25.5. The molecule has 0 amide bonds. The summed E-state index contributed by atoms with van der Waals surface area (Å²) in [6.07, 6.45) is 11.2. The van der Waals surface area contributed by atoms with Crippen LogP contribution in [0.4, 0.5) is 5.82 Å². The summed E-state index contributed by atoms with van der Waals surface area (Å²) < 4.78 is 1.96. The number of nitrogens with zero attached hydrogens (tertiary/aromatic N) is 6. The van der Waals surface area contributed by atoms with Gasteiger partial charge in [-0.2, -0.15) is 5.10 Å². The van der Waals surface area contributed by atoms with Crippen molar-refractivity contribution >= 4 is 46.3 Å². The van der Waals surface area contributed by atoms with Crippen molar-refractivity contribution in [1.82, 2.24) is 24.6 Å². The second-order valence-electron chi connectivity index (χ2n) is 10.9. The fourth-order valence-electron chi connectivity index (χ4n) is 5.76. The molecule has 1 aromatic carbocycles. The summed E-state index contributed by atoms with van der Waals surface area (Å²) in [5.74, 6) is 2.90. The van der Waals surface area contributed by atoms with Crippen molar-refractivity contribution in [3.05, 3.63) is 51.8 Å². The first-order valence-corrected chi connectivity index (χ1v) is 14.2. The Morgan fingerprint density at radius 1 is 1.14 bits per heavy atom. The maximum atomic E-state index is 9.33. The van der Waals surface area contributed by atoms with E-state index in [1.165, 1.54) is 25.7 Å². The fourth-order valence-corrected chi connectivity index (χ4v) is 6.33. The van der Waals surface area contributed by atoms with Gasteiger partial charge in [-0.25, -0.2) is 14.6 Å². The van der Waals surface area contributed by atoms with Crippen LogP contribution in [-0.2, 0) is 0 Å². The molecule has 6 rings (SSSR count). The molecule has 37 heavy (non-hydrogen) atoms. The SMILES string of the molecule is C[C@H](c1ccc(Cl)cc1Cl)n1nc(/C=C/C2CC2)c2ncc(N3CC([C@H]4CCCN(CCO)C4)C3)nc21. The Morgan fingerprint density at radius 3 is 2.73 bits per heavy atom. The first-order valence-electron chi connectivity index (χ1n) is 13.5. The molecule has 0 spiro atoms. The van der Waals surface area contributed by atoms with E-state index in [-0.39, 0.29) is 12.6 Å². The Labute approximate surface area is 228 Å². The van der Waals surface area contributed by atoms with Gasteiger partial charge in [0.25, 0.3) is 0 Å². The normalized spacial score (nSPS) is 22.2. The molecule has 0 unspecified atom stereocenters. The van der Waals surface area contributed by atoms with Crippen molar-refractivity contribution in [2.45, 2.75) is 38.6 Å². The maximum absolute atomic E-state index is 9.33. The number of halogens is 2. The molecule has 1 saturated carbocycles. The van der Waals surface area contributed by atoms with E-state index in [1.54, 1.807) is 6.07 Å². The molecule has 1 aliphatic carbocycles. The number of aromatic nitrogens is 4. The van der Waals surface area contributed by atoms with Gasteiger partial charge in [0.2, 0.25) is 0 Å². The van der Waals surface area contributed by atoms with Crippen LogP contribution in [0.2, 0.25) is 10.0 Å². The standard InChI is InChI=1S/C28H34Cl2N6O/c1-18(23-8-7-22(29)13-24(23)30)36-28-27(25(33-36)9-6-19-4-5-19)31-14-26(32-28)35-16-21(17-35)20-3-2-10-34(15-20)11-12-37/h6-9,13-14,18-21,37H,2-5,10-12,15-17H2,1H3/b9-6+/t18-,20+/m1/s1. The summed E-state index contributed by atoms with van der Waals surface area (Å²) in [6.45, 7) is 7.30. The van der Waals surface area contributed by atoms with Crippen LogP contribution in [0.1, 0.15) is 49.9 Å². The fraction of sp³-hybridized carbons (Fsp3) is 0.536. The summed E-state index contributed by atoms with van der Waals surface area (Å²) >= 11 is 12.7. The summed E-state index contributed by atoms with van der Waals surface area (Å²) in [5, 5.41) is 15.5. The molecule has 0 radical (unpaired) electrons. The van der Waals surface area contributed by atoms with Gasteiger partial charge in [0.05, 0.1) is 18.8 Å². The number of hydrogen-bond donors (Lipinski definition) is 1. The van der Waals surface area contributed by atoms with Crippen LogP contribution in [-0.4, -0.2) is 69.1 Å². The molecule has 196 valence electrons. The van der Waals surface area contributed by atoms with E-state index in [4.69, 9.17) is 38.3 Å². The number of aliphatic hydroxyl groups is 1. The van der Waals surface area contributed by atoms with Crippen LogP contribution in [0.25, 0.3) is 17.2 Å². The number of likely N-dealkylation sites (tertiary alicyclic amines) is 1. The molecule has 3 aromatic rings. The van der Waals surface area contributed by atoms with Gasteiger partial charge in [-0.3, -0.25) is 0 Å².